The molecule has 0 saturated heterocycles. The molecule has 9 heteroatoms. The number of pyridine rings is 3. The van der Waals surface area contributed by atoms with Gasteiger partial charge in [0.05, 0.1) is 24.2 Å². The highest BCUT2D eigenvalue weighted by Crippen LogP contribution is 2.31. The van der Waals surface area contributed by atoms with E-state index in [0.717, 1.165) is 34.9 Å². The zero-order valence-electron chi connectivity index (χ0n) is 16.7. The Hall–Kier alpha value is -4.32. The number of fused-ring (bicyclic) bond motifs is 1. The second-order valence-corrected chi connectivity index (χ2v) is 7.12. The summed E-state index contributed by atoms with van der Waals surface area (Å²) in [6, 6.07) is 5.50. The summed E-state index contributed by atoms with van der Waals surface area (Å²) in [5.74, 6) is 7.54. The van der Waals surface area contributed by atoms with Gasteiger partial charge in [-0.1, -0.05) is 5.92 Å². The highest BCUT2D eigenvalue weighted by atomic mass is 16.2. The van der Waals surface area contributed by atoms with Crippen molar-refractivity contribution in [3.63, 3.8) is 0 Å². The van der Waals surface area contributed by atoms with Gasteiger partial charge in [-0.2, -0.15) is 15.0 Å². The van der Waals surface area contributed by atoms with Gasteiger partial charge >= 0.3 is 0 Å². The SMILES string of the molecule is CNc1ncc(C#Cc2ccc(-n3nccn3)cn2)c2cc(NC(=O)C3CC3)ncc12. The van der Waals surface area contributed by atoms with Gasteiger partial charge in [0.1, 0.15) is 23.0 Å². The topological polar surface area (TPSA) is 111 Å². The van der Waals surface area contributed by atoms with Crippen LogP contribution in [0.25, 0.3) is 16.5 Å². The number of amides is 1. The maximum absolute atomic E-state index is 12.1. The average molecular weight is 410 g/mol. The minimum absolute atomic E-state index is 0.0124. The fourth-order valence-electron chi connectivity index (χ4n) is 3.13. The van der Waals surface area contributed by atoms with Crippen molar-refractivity contribution in [3.05, 3.63) is 60.4 Å². The Morgan fingerprint density at radius 1 is 1.03 bits per heavy atom. The number of carbonyl (C=O) groups is 1. The van der Waals surface area contributed by atoms with E-state index in [1.165, 1.54) is 4.80 Å². The quantitative estimate of drug-likeness (QED) is 0.497. The van der Waals surface area contributed by atoms with Crippen LogP contribution in [-0.4, -0.2) is 42.9 Å². The van der Waals surface area contributed by atoms with E-state index in [9.17, 15) is 4.79 Å². The van der Waals surface area contributed by atoms with Gasteiger partial charge in [0, 0.05) is 36.1 Å². The predicted molar refractivity (Wildman–Crippen MR) is 116 cm³/mol. The van der Waals surface area contributed by atoms with E-state index in [1.807, 2.05) is 18.2 Å². The monoisotopic (exact) mass is 410 g/mol. The lowest BCUT2D eigenvalue weighted by atomic mass is 10.1. The first kappa shape index (κ1) is 18.7. The van der Waals surface area contributed by atoms with Crippen LogP contribution in [-0.2, 0) is 4.79 Å². The van der Waals surface area contributed by atoms with Crippen molar-refractivity contribution in [1.29, 1.82) is 0 Å². The summed E-state index contributed by atoms with van der Waals surface area (Å²) in [6.07, 6.45) is 10.2. The zero-order valence-corrected chi connectivity index (χ0v) is 16.7. The van der Waals surface area contributed by atoms with Crippen molar-refractivity contribution in [2.75, 3.05) is 17.7 Å². The number of nitrogens with zero attached hydrogens (tertiary/aromatic N) is 6. The van der Waals surface area contributed by atoms with Crippen molar-refractivity contribution in [2.24, 2.45) is 5.92 Å². The van der Waals surface area contributed by atoms with Gasteiger partial charge in [0.25, 0.3) is 0 Å². The lowest BCUT2D eigenvalue weighted by Gasteiger charge is -2.09. The number of rotatable bonds is 4. The second-order valence-electron chi connectivity index (χ2n) is 7.12. The Labute approximate surface area is 177 Å². The van der Waals surface area contributed by atoms with Crippen LogP contribution < -0.4 is 10.6 Å². The van der Waals surface area contributed by atoms with Crippen LogP contribution in [0.4, 0.5) is 11.6 Å². The maximum atomic E-state index is 12.1. The Balaban J connectivity index is 1.48. The molecule has 4 heterocycles. The molecule has 0 unspecified atom stereocenters. The summed E-state index contributed by atoms with van der Waals surface area (Å²) >= 11 is 0. The molecule has 0 bridgehead atoms. The Morgan fingerprint density at radius 2 is 1.87 bits per heavy atom. The molecule has 0 aromatic carbocycles. The van der Waals surface area contributed by atoms with Crippen LogP contribution >= 0.6 is 0 Å². The van der Waals surface area contributed by atoms with Crippen LogP contribution in [0.2, 0.25) is 0 Å². The normalized spacial score (nSPS) is 12.8. The van der Waals surface area contributed by atoms with Gasteiger partial charge in [-0.25, -0.2) is 15.0 Å². The van der Waals surface area contributed by atoms with Crippen LogP contribution in [0.5, 0.6) is 0 Å². The first-order valence-corrected chi connectivity index (χ1v) is 9.83. The van der Waals surface area contributed by atoms with E-state index in [0.29, 0.717) is 17.3 Å². The van der Waals surface area contributed by atoms with Gasteiger partial charge in [-0.15, -0.1) is 0 Å². The van der Waals surface area contributed by atoms with Gasteiger partial charge in [0.2, 0.25) is 5.91 Å². The third-order valence-corrected chi connectivity index (χ3v) is 4.93. The molecule has 152 valence electrons. The summed E-state index contributed by atoms with van der Waals surface area (Å²) in [6.45, 7) is 0. The van der Waals surface area contributed by atoms with E-state index < -0.39 is 0 Å². The number of hydrogen-bond acceptors (Lipinski definition) is 7. The molecule has 1 amide bonds. The molecule has 9 nitrogen and oxygen atoms in total. The molecule has 1 fully saturated rings. The van der Waals surface area contributed by atoms with E-state index in [-0.39, 0.29) is 11.8 Å². The van der Waals surface area contributed by atoms with E-state index >= 15 is 0 Å². The summed E-state index contributed by atoms with van der Waals surface area (Å²) in [7, 11) is 1.80. The molecule has 4 aromatic rings. The van der Waals surface area contributed by atoms with Gasteiger partial charge < -0.3 is 10.6 Å². The molecule has 4 aromatic heterocycles. The molecular weight excluding hydrogens is 392 g/mol. The number of hydrogen-bond donors (Lipinski definition) is 2. The molecule has 1 aliphatic rings. The van der Waals surface area contributed by atoms with Gasteiger partial charge in [-0.3, -0.25) is 4.79 Å². The molecular formula is C22H18N8O. The largest absolute Gasteiger partial charge is 0.373 e. The van der Waals surface area contributed by atoms with Crippen LogP contribution in [0, 0.1) is 17.8 Å². The molecule has 31 heavy (non-hydrogen) atoms. The second kappa shape index (κ2) is 7.84. The molecule has 0 atom stereocenters. The zero-order chi connectivity index (χ0) is 21.2. The molecule has 1 aliphatic carbocycles. The lowest BCUT2D eigenvalue weighted by molar-refractivity contribution is -0.117. The minimum Gasteiger partial charge on any atom is -0.373 e. The standard InChI is InChI=1S/C22H18N8O/c1-23-21-19-13-25-20(29-22(31)14-2-3-14)10-18(19)15(11-26-21)4-5-16-6-7-17(12-24-16)30-27-8-9-28-30/h6-14H,2-3H2,1H3,(H,23,26)(H,25,29,31). The first-order chi connectivity index (χ1) is 15.2. The highest BCUT2D eigenvalue weighted by molar-refractivity contribution is 5.99. The van der Waals surface area contributed by atoms with Crippen molar-refractivity contribution >= 4 is 28.3 Å². The van der Waals surface area contributed by atoms with Crippen LogP contribution in [0.1, 0.15) is 24.1 Å². The Bertz CT molecular complexity index is 1320. The molecule has 0 aliphatic heterocycles. The van der Waals surface area contributed by atoms with Gasteiger partial charge in [0.15, 0.2) is 0 Å². The summed E-state index contributed by atoms with van der Waals surface area (Å²) in [4.78, 5) is 26.8. The fourth-order valence-corrected chi connectivity index (χ4v) is 3.13. The maximum Gasteiger partial charge on any atom is 0.228 e. The molecule has 1 saturated carbocycles. The van der Waals surface area contributed by atoms with Crippen molar-refractivity contribution in [1.82, 2.24) is 29.9 Å². The number of aromatic nitrogens is 6. The molecule has 5 rings (SSSR count). The molecule has 0 radical (unpaired) electrons. The summed E-state index contributed by atoms with van der Waals surface area (Å²) < 4.78 is 0. The number of nitrogens with one attached hydrogen (secondary N) is 2. The average Bonchev–Trinajstić information content (AvgIpc) is 3.52. The smallest absolute Gasteiger partial charge is 0.228 e. The van der Waals surface area contributed by atoms with E-state index in [2.05, 4.69) is 47.6 Å². The van der Waals surface area contributed by atoms with Crippen LogP contribution in [0.3, 0.4) is 0 Å². The Kier molecular flexibility index (Phi) is 4.72. The molecule has 2 N–H and O–H groups in total. The minimum atomic E-state index is 0.0124. The fraction of sp³-hybridized carbons (Fsp3) is 0.182. The van der Waals surface area contributed by atoms with Crippen LogP contribution in [0.15, 0.2) is 49.2 Å². The van der Waals surface area contributed by atoms with Gasteiger partial charge in [-0.05, 0) is 37.0 Å². The lowest BCUT2D eigenvalue weighted by Crippen LogP contribution is -2.14. The number of anilines is 2. The third-order valence-electron chi connectivity index (χ3n) is 4.93. The summed E-state index contributed by atoms with van der Waals surface area (Å²) in [5.41, 5.74) is 2.08. The predicted octanol–water partition coefficient (Wildman–Crippen LogP) is 2.40. The third kappa shape index (κ3) is 3.91. The van der Waals surface area contributed by atoms with E-state index in [4.69, 9.17) is 0 Å². The number of carbonyl (C=O) groups excluding carboxylic acids is 1. The van der Waals surface area contributed by atoms with Crippen molar-refractivity contribution in [3.8, 4) is 17.5 Å². The Morgan fingerprint density at radius 3 is 2.58 bits per heavy atom. The van der Waals surface area contributed by atoms with E-state index in [1.54, 1.807) is 38.0 Å². The first-order valence-electron chi connectivity index (χ1n) is 9.83. The highest BCUT2D eigenvalue weighted by Gasteiger charge is 2.29. The van der Waals surface area contributed by atoms with Crippen molar-refractivity contribution < 1.29 is 4.79 Å². The summed E-state index contributed by atoms with van der Waals surface area (Å²) in [5, 5.41) is 15.8. The molecule has 0 spiro atoms. The van der Waals surface area contributed by atoms with Crippen molar-refractivity contribution in [2.45, 2.75) is 12.8 Å².